The monoisotopic (exact) mass is 407 g/mol. The third-order valence-electron chi connectivity index (χ3n) is 5.49. The SMILES string of the molecule is COc1cccc(N2CCN(C(=O)C3=NN(c4ccccc4)C(C(N)=O)C3)CC2)c1. The first-order chi connectivity index (χ1) is 14.6. The number of ether oxygens (including phenoxy) is 1. The number of para-hydroxylation sites is 1. The topological polar surface area (TPSA) is 91.5 Å². The molecule has 0 saturated carbocycles. The minimum absolute atomic E-state index is 0.134. The Hall–Kier alpha value is -3.55. The van der Waals surface area contributed by atoms with Crippen molar-refractivity contribution >= 4 is 28.9 Å². The summed E-state index contributed by atoms with van der Waals surface area (Å²) >= 11 is 0. The fourth-order valence-electron chi connectivity index (χ4n) is 3.84. The van der Waals surface area contributed by atoms with Crippen molar-refractivity contribution in [2.45, 2.75) is 12.5 Å². The van der Waals surface area contributed by atoms with Gasteiger partial charge in [0.25, 0.3) is 5.91 Å². The Kier molecular flexibility index (Phi) is 5.56. The maximum atomic E-state index is 13.1. The number of primary amides is 1. The lowest BCUT2D eigenvalue weighted by atomic mass is 10.1. The van der Waals surface area contributed by atoms with Crippen molar-refractivity contribution in [1.29, 1.82) is 0 Å². The van der Waals surface area contributed by atoms with Crippen LogP contribution in [0.2, 0.25) is 0 Å². The molecule has 2 heterocycles. The molecule has 4 rings (SSSR count). The first-order valence-corrected chi connectivity index (χ1v) is 9.96. The molecule has 1 fully saturated rings. The van der Waals surface area contributed by atoms with Gasteiger partial charge in [-0.15, -0.1) is 0 Å². The summed E-state index contributed by atoms with van der Waals surface area (Å²) in [6.07, 6.45) is 0.221. The van der Waals surface area contributed by atoms with Crippen molar-refractivity contribution in [3.05, 3.63) is 54.6 Å². The molecule has 0 spiro atoms. The van der Waals surface area contributed by atoms with E-state index in [1.165, 1.54) is 0 Å². The zero-order chi connectivity index (χ0) is 21.1. The predicted molar refractivity (Wildman–Crippen MR) is 116 cm³/mol. The molecule has 2 N–H and O–H groups in total. The van der Waals surface area contributed by atoms with Crippen molar-refractivity contribution in [1.82, 2.24) is 4.90 Å². The van der Waals surface area contributed by atoms with Gasteiger partial charge in [-0.25, -0.2) is 0 Å². The van der Waals surface area contributed by atoms with Crippen LogP contribution in [-0.2, 0) is 9.59 Å². The van der Waals surface area contributed by atoms with Crippen molar-refractivity contribution in [3.63, 3.8) is 0 Å². The third kappa shape index (κ3) is 3.94. The lowest BCUT2D eigenvalue weighted by Crippen LogP contribution is -2.50. The molecule has 2 aromatic carbocycles. The number of carbonyl (C=O) groups is 2. The third-order valence-corrected chi connectivity index (χ3v) is 5.49. The van der Waals surface area contributed by atoms with E-state index in [9.17, 15) is 9.59 Å². The molecule has 2 aromatic rings. The number of hydrogen-bond donors (Lipinski definition) is 1. The number of piperazine rings is 1. The van der Waals surface area contributed by atoms with Gasteiger partial charge in [0.1, 0.15) is 17.5 Å². The van der Waals surface area contributed by atoms with Gasteiger partial charge < -0.3 is 20.3 Å². The molecule has 2 aliphatic heterocycles. The maximum absolute atomic E-state index is 13.1. The van der Waals surface area contributed by atoms with Crippen LogP contribution in [0.5, 0.6) is 5.75 Å². The molecule has 0 aliphatic carbocycles. The van der Waals surface area contributed by atoms with E-state index in [0.29, 0.717) is 31.9 Å². The number of rotatable bonds is 5. The number of carbonyl (C=O) groups excluding carboxylic acids is 2. The number of hydrazone groups is 1. The Morgan fingerprint density at radius 3 is 2.37 bits per heavy atom. The number of methoxy groups -OCH3 is 1. The fourth-order valence-corrected chi connectivity index (χ4v) is 3.84. The van der Waals surface area contributed by atoms with E-state index in [-0.39, 0.29) is 12.3 Å². The Bertz CT molecular complexity index is 954. The van der Waals surface area contributed by atoms with Crippen molar-refractivity contribution in [2.75, 3.05) is 43.2 Å². The second kappa shape index (κ2) is 8.44. The minimum Gasteiger partial charge on any atom is -0.497 e. The number of nitrogens with two attached hydrogens (primary N) is 1. The zero-order valence-corrected chi connectivity index (χ0v) is 16.9. The smallest absolute Gasteiger partial charge is 0.270 e. The predicted octanol–water partition coefficient (Wildman–Crippen LogP) is 1.46. The molecule has 0 bridgehead atoms. The molecule has 8 heteroatoms. The summed E-state index contributed by atoms with van der Waals surface area (Å²) in [6, 6.07) is 16.6. The van der Waals surface area contributed by atoms with Crippen LogP contribution in [0.25, 0.3) is 0 Å². The van der Waals surface area contributed by atoms with Gasteiger partial charge in [-0.1, -0.05) is 24.3 Å². The number of anilines is 2. The average Bonchev–Trinajstić information content (AvgIpc) is 3.25. The molecular formula is C22H25N5O3. The summed E-state index contributed by atoms with van der Waals surface area (Å²) in [5, 5.41) is 6.02. The van der Waals surface area contributed by atoms with Crippen LogP contribution in [0.4, 0.5) is 11.4 Å². The highest BCUT2D eigenvalue weighted by Gasteiger charge is 2.37. The van der Waals surface area contributed by atoms with E-state index in [4.69, 9.17) is 10.5 Å². The molecule has 30 heavy (non-hydrogen) atoms. The molecule has 2 aliphatic rings. The minimum atomic E-state index is -0.649. The van der Waals surface area contributed by atoms with E-state index in [1.807, 2.05) is 54.6 Å². The summed E-state index contributed by atoms with van der Waals surface area (Å²) in [6.45, 7) is 2.60. The van der Waals surface area contributed by atoms with E-state index < -0.39 is 11.9 Å². The van der Waals surface area contributed by atoms with E-state index in [2.05, 4.69) is 10.0 Å². The Balaban J connectivity index is 1.44. The van der Waals surface area contributed by atoms with Gasteiger partial charge in [0.05, 0.1) is 12.8 Å². The number of nitrogens with zero attached hydrogens (tertiary/aromatic N) is 4. The van der Waals surface area contributed by atoms with E-state index in [0.717, 1.165) is 17.1 Å². The standard InChI is InChI=1S/C22H25N5O3/c1-30-18-9-5-8-17(14-18)25-10-12-26(13-11-25)22(29)19-15-20(21(23)28)27(24-19)16-6-3-2-4-7-16/h2-9,14,20H,10-13,15H2,1H3,(H2,23,28). The largest absolute Gasteiger partial charge is 0.497 e. The van der Waals surface area contributed by atoms with Crippen molar-refractivity contribution in [3.8, 4) is 5.75 Å². The summed E-state index contributed by atoms with van der Waals surface area (Å²) in [5.41, 5.74) is 7.76. The highest BCUT2D eigenvalue weighted by Crippen LogP contribution is 2.26. The highest BCUT2D eigenvalue weighted by molar-refractivity contribution is 6.40. The molecule has 1 atom stereocenters. The Morgan fingerprint density at radius 2 is 1.70 bits per heavy atom. The summed E-state index contributed by atoms with van der Waals surface area (Å²) in [5.74, 6) is 0.183. The lowest BCUT2D eigenvalue weighted by Gasteiger charge is -2.36. The molecule has 1 unspecified atom stereocenters. The van der Waals surface area contributed by atoms with E-state index >= 15 is 0 Å². The van der Waals surface area contributed by atoms with Gasteiger partial charge in [-0.2, -0.15) is 5.10 Å². The molecule has 1 saturated heterocycles. The fraction of sp³-hybridized carbons (Fsp3) is 0.318. The summed E-state index contributed by atoms with van der Waals surface area (Å²) in [4.78, 5) is 29.0. The molecule has 0 radical (unpaired) electrons. The Labute approximate surface area is 175 Å². The highest BCUT2D eigenvalue weighted by atomic mass is 16.5. The van der Waals surface area contributed by atoms with Gasteiger partial charge in [0, 0.05) is 44.4 Å². The molecular weight excluding hydrogens is 382 g/mol. The van der Waals surface area contributed by atoms with Gasteiger partial charge >= 0.3 is 0 Å². The normalized spacial score (nSPS) is 18.9. The van der Waals surface area contributed by atoms with Crippen LogP contribution in [0.15, 0.2) is 59.7 Å². The Morgan fingerprint density at radius 1 is 1.00 bits per heavy atom. The van der Waals surface area contributed by atoms with Gasteiger partial charge in [-0.05, 0) is 24.3 Å². The first kappa shape index (κ1) is 19.8. The van der Waals surface area contributed by atoms with Gasteiger partial charge in [0.15, 0.2) is 0 Å². The molecule has 8 nitrogen and oxygen atoms in total. The molecule has 2 amide bonds. The second-order valence-electron chi connectivity index (χ2n) is 7.33. The summed E-state index contributed by atoms with van der Waals surface area (Å²) < 4.78 is 5.30. The van der Waals surface area contributed by atoms with Gasteiger partial charge in [0.2, 0.25) is 5.91 Å². The van der Waals surface area contributed by atoms with Crippen LogP contribution in [0.1, 0.15) is 6.42 Å². The van der Waals surface area contributed by atoms with Crippen LogP contribution >= 0.6 is 0 Å². The zero-order valence-electron chi connectivity index (χ0n) is 16.9. The van der Waals surface area contributed by atoms with Crippen molar-refractivity contribution in [2.24, 2.45) is 10.8 Å². The maximum Gasteiger partial charge on any atom is 0.270 e. The first-order valence-electron chi connectivity index (χ1n) is 9.96. The van der Waals surface area contributed by atoms with Crippen LogP contribution in [-0.4, -0.2) is 61.8 Å². The number of benzene rings is 2. The average molecular weight is 407 g/mol. The number of amides is 2. The van der Waals surface area contributed by atoms with Crippen LogP contribution < -0.4 is 20.4 Å². The van der Waals surface area contributed by atoms with E-state index in [1.54, 1.807) is 17.0 Å². The molecule has 156 valence electrons. The number of hydrogen-bond acceptors (Lipinski definition) is 6. The quantitative estimate of drug-likeness (QED) is 0.810. The van der Waals surface area contributed by atoms with Crippen LogP contribution in [0.3, 0.4) is 0 Å². The summed E-state index contributed by atoms with van der Waals surface area (Å²) in [7, 11) is 1.65. The van der Waals surface area contributed by atoms with Crippen LogP contribution in [0, 0.1) is 0 Å². The lowest BCUT2D eigenvalue weighted by molar-refractivity contribution is -0.124. The molecule has 0 aromatic heterocycles. The van der Waals surface area contributed by atoms with Crippen molar-refractivity contribution < 1.29 is 14.3 Å². The second-order valence-corrected chi connectivity index (χ2v) is 7.33. The van der Waals surface area contributed by atoms with Gasteiger partial charge in [-0.3, -0.25) is 14.6 Å².